The molecule has 0 radical (unpaired) electrons. The zero-order valence-corrected chi connectivity index (χ0v) is 18.3. The Morgan fingerprint density at radius 2 is 1.86 bits per heavy atom. The van der Waals surface area contributed by atoms with Crippen LogP contribution in [0.5, 0.6) is 5.75 Å². The number of methoxy groups -OCH3 is 1. The monoisotopic (exact) mass is 489 g/mol. The number of nitrogens with zero attached hydrogens (tertiary/aromatic N) is 4. The van der Waals surface area contributed by atoms with Gasteiger partial charge in [0.15, 0.2) is 5.82 Å². The van der Waals surface area contributed by atoms with Crippen molar-refractivity contribution in [3.63, 3.8) is 0 Å². The quantitative estimate of drug-likeness (QED) is 0.522. The van der Waals surface area contributed by atoms with E-state index in [2.05, 4.69) is 74.6 Å². The number of hydrogen-bond donors (Lipinski definition) is 1. The minimum atomic E-state index is -0.311. The molecule has 0 saturated heterocycles. The molecule has 1 aromatic heterocycles. The van der Waals surface area contributed by atoms with Gasteiger partial charge in [0.25, 0.3) is 0 Å². The van der Waals surface area contributed by atoms with Crippen LogP contribution in [0.4, 0.5) is 5.69 Å². The Bertz CT molecular complexity index is 925. The molecular weight excluding hydrogens is 465 g/mol. The van der Waals surface area contributed by atoms with Crippen molar-refractivity contribution in [2.45, 2.75) is 38.1 Å². The lowest BCUT2D eigenvalue weighted by Crippen LogP contribution is -2.46. The molecule has 4 rings (SSSR count). The van der Waals surface area contributed by atoms with Crippen molar-refractivity contribution >= 4 is 28.3 Å². The first-order valence-electron chi connectivity index (χ1n) is 9.59. The third-order valence-corrected chi connectivity index (χ3v) is 6.42. The highest BCUT2D eigenvalue weighted by Gasteiger charge is 2.44. The summed E-state index contributed by atoms with van der Waals surface area (Å²) in [6.07, 6.45) is 4.53. The van der Waals surface area contributed by atoms with Gasteiger partial charge < -0.3 is 10.1 Å². The summed E-state index contributed by atoms with van der Waals surface area (Å²) in [5, 5.41) is 16.7. The van der Waals surface area contributed by atoms with E-state index in [0.717, 1.165) is 42.2 Å². The first kappa shape index (κ1) is 19.2. The van der Waals surface area contributed by atoms with Crippen LogP contribution in [0.25, 0.3) is 5.69 Å². The third-order valence-electron chi connectivity index (χ3n) is 5.70. The lowest BCUT2D eigenvalue weighted by atomic mass is 9.72. The molecule has 146 valence electrons. The molecule has 6 nitrogen and oxygen atoms in total. The van der Waals surface area contributed by atoms with Gasteiger partial charge in [0.05, 0.1) is 12.8 Å². The molecule has 1 fully saturated rings. The minimum Gasteiger partial charge on any atom is -0.497 e. The number of anilines is 1. The molecule has 3 aromatic rings. The summed E-state index contributed by atoms with van der Waals surface area (Å²) in [6.45, 7) is 2.30. The fraction of sp³-hybridized carbons (Fsp3) is 0.381. The topological polar surface area (TPSA) is 64.9 Å². The van der Waals surface area contributed by atoms with Crippen molar-refractivity contribution in [3.8, 4) is 11.4 Å². The average Bonchev–Trinajstić information content (AvgIpc) is 3.22. The number of rotatable bonds is 5. The molecule has 28 heavy (non-hydrogen) atoms. The van der Waals surface area contributed by atoms with Gasteiger partial charge in [-0.2, -0.15) is 4.68 Å². The maximum atomic E-state index is 5.28. The minimum absolute atomic E-state index is 0.311. The van der Waals surface area contributed by atoms with Crippen LogP contribution in [0.1, 0.15) is 38.4 Å². The van der Waals surface area contributed by atoms with E-state index >= 15 is 0 Å². The highest BCUT2D eigenvalue weighted by Crippen LogP contribution is 2.43. The molecule has 2 unspecified atom stereocenters. The third kappa shape index (κ3) is 3.59. The standard InChI is InChI=1S/C21H24IN5O/c1-15-5-3-4-14-21(15,23-17-8-6-16(22)7-9-17)20-24-25-26-27(20)18-10-12-19(28-2)13-11-18/h6-13,15,23H,3-5,14H2,1-2H3. The van der Waals surface area contributed by atoms with Crippen LogP contribution in [0.3, 0.4) is 0 Å². The summed E-state index contributed by atoms with van der Waals surface area (Å²) in [6, 6.07) is 16.4. The van der Waals surface area contributed by atoms with Gasteiger partial charge in [0.1, 0.15) is 11.3 Å². The Labute approximate surface area is 178 Å². The fourth-order valence-corrected chi connectivity index (χ4v) is 4.43. The maximum absolute atomic E-state index is 5.28. The Balaban J connectivity index is 1.77. The van der Waals surface area contributed by atoms with Gasteiger partial charge in [0, 0.05) is 9.26 Å². The van der Waals surface area contributed by atoms with Crippen LogP contribution < -0.4 is 10.1 Å². The van der Waals surface area contributed by atoms with E-state index in [1.165, 1.54) is 9.99 Å². The van der Waals surface area contributed by atoms with E-state index < -0.39 is 0 Å². The summed E-state index contributed by atoms with van der Waals surface area (Å²) in [5.41, 5.74) is 1.72. The van der Waals surface area contributed by atoms with Crippen LogP contribution in [0.15, 0.2) is 48.5 Å². The number of benzene rings is 2. The van der Waals surface area contributed by atoms with Gasteiger partial charge >= 0.3 is 0 Å². The number of halogens is 1. The van der Waals surface area contributed by atoms with E-state index in [0.29, 0.717) is 5.92 Å². The van der Waals surface area contributed by atoms with E-state index in [4.69, 9.17) is 4.74 Å². The van der Waals surface area contributed by atoms with Crippen molar-refractivity contribution in [1.82, 2.24) is 20.2 Å². The van der Waals surface area contributed by atoms with Gasteiger partial charge in [-0.15, -0.1) is 5.10 Å². The van der Waals surface area contributed by atoms with E-state index in [-0.39, 0.29) is 5.54 Å². The predicted molar refractivity (Wildman–Crippen MR) is 118 cm³/mol. The Morgan fingerprint density at radius 3 is 2.54 bits per heavy atom. The Morgan fingerprint density at radius 1 is 1.11 bits per heavy atom. The summed E-state index contributed by atoms with van der Waals surface area (Å²) >= 11 is 2.33. The van der Waals surface area contributed by atoms with Crippen LogP contribution in [-0.2, 0) is 5.54 Å². The van der Waals surface area contributed by atoms with Gasteiger partial charge in [0.2, 0.25) is 0 Å². The highest BCUT2D eigenvalue weighted by atomic mass is 127. The van der Waals surface area contributed by atoms with Gasteiger partial charge in [-0.1, -0.05) is 19.8 Å². The van der Waals surface area contributed by atoms with Crippen molar-refractivity contribution in [2.75, 3.05) is 12.4 Å². The fourth-order valence-electron chi connectivity index (χ4n) is 4.07. The number of hydrogen-bond acceptors (Lipinski definition) is 5. The van der Waals surface area contributed by atoms with Crippen LogP contribution in [0.2, 0.25) is 0 Å². The normalized spacial score (nSPS) is 22.0. The summed E-state index contributed by atoms with van der Waals surface area (Å²) < 4.78 is 8.37. The zero-order valence-electron chi connectivity index (χ0n) is 16.1. The Kier molecular flexibility index (Phi) is 5.52. The highest BCUT2D eigenvalue weighted by molar-refractivity contribution is 14.1. The molecule has 2 aromatic carbocycles. The second kappa shape index (κ2) is 8.06. The summed E-state index contributed by atoms with van der Waals surface area (Å²) in [7, 11) is 1.67. The lowest BCUT2D eigenvalue weighted by Gasteiger charge is -2.42. The second-order valence-electron chi connectivity index (χ2n) is 7.36. The van der Waals surface area contributed by atoms with Crippen LogP contribution in [0, 0.1) is 9.49 Å². The zero-order chi connectivity index (χ0) is 19.6. The Hall–Kier alpha value is -2.16. The lowest BCUT2D eigenvalue weighted by molar-refractivity contribution is 0.215. The van der Waals surface area contributed by atoms with Crippen molar-refractivity contribution in [3.05, 3.63) is 57.9 Å². The van der Waals surface area contributed by atoms with Crippen LogP contribution in [-0.4, -0.2) is 27.3 Å². The van der Waals surface area contributed by atoms with Crippen molar-refractivity contribution in [2.24, 2.45) is 5.92 Å². The molecule has 1 saturated carbocycles. The molecular formula is C21H24IN5O. The molecule has 0 amide bonds. The smallest absolute Gasteiger partial charge is 0.182 e. The first-order valence-corrected chi connectivity index (χ1v) is 10.7. The van der Waals surface area contributed by atoms with Gasteiger partial charge in [-0.05, 0) is 100 Å². The number of ether oxygens (including phenoxy) is 1. The molecule has 0 spiro atoms. The summed E-state index contributed by atoms with van der Waals surface area (Å²) in [4.78, 5) is 0. The first-order chi connectivity index (χ1) is 13.6. The SMILES string of the molecule is COc1ccc(-n2nnnc2C2(Nc3ccc(I)cc3)CCCCC2C)cc1. The number of aromatic nitrogens is 4. The molecule has 1 aliphatic carbocycles. The largest absolute Gasteiger partial charge is 0.497 e. The molecule has 0 aliphatic heterocycles. The number of nitrogens with one attached hydrogen (secondary N) is 1. The molecule has 1 aliphatic rings. The molecule has 2 atom stereocenters. The predicted octanol–water partition coefficient (Wildman–Crippen LogP) is 4.79. The maximum Gasteiger partial charge on any atom is 0.182 e. The number of tetrazole rings is 1. The molecule has 0 bridgehead atoms. The van der Waals surface area contributed by atoms with E-state index in [9.17, 15) is 0 Å². The average molecular weight is 489 g/mol. The van der Waals surface area contributed by atoms with Crippen molar-refractivity contribution < 1.29 is 4.74 Å². The van der Waals surface area contributed by atoms with E-state index in [1.54, 1.807) is 7.11 Å². The second-order valence-corrected chi connectivity index (χ2v) is 8.61. The summed E-state index contributed by atoms with van der Waals surface area (Å²) in [5.74, 6) is 2.09. The van der Waals surface area contributed by atoms with E-state index in [1.807, 2.05) is 28.9 Å². The van der Waals surface area contributed by atoms with Gasteiger partial charge in [-0.3, -0.25) is 0 Å². The van der Waals surface area contributed by atoms with Crippen LogP contribution >= 0.6 is 22.6 Å². The molecule has 1 heterocycles. The molecule has 7 heteroatoms. The van der Waals surface area contributed by atoms with Crippen molar-refractivity contribution in [1.29, 1.82) is 0 Å². The molecule has 1 N–H and O–H groups in total. The van der Waals surface area contributed by atoms with Gasteiger partial charge in [-0.25, -0.2) is 0 Å².